The Kier molecular flexibility index (Phi) is 8.71. The summed E-state index contributed by atoms with van der Waals surface area (Å²) in [5.41, 5.74) is 2.01. The van der Waals surface area contributed by atoms with Gasteiger partial charge in [0.1, 0.15) is 6.04 Å². The van der Waals surface area contributed by atoms with Crippen molar-refractivity contribution < 1.29 is 14.4 Å². The molecule has 0 spiro atoms. The summed E-state index contributed by atoms with van der Waals surface area (Å²) in [7, 11) is 0. The number of nitrogens with one attached hydrogen (secondary N) is 2. The smallest absolute Gasteiger partial charge is 0.246 e. The van der Waals surface area contributed by atoms with Crippen molar-refractivity contribution in [2.75, 3.05) is 37.6 Å². The van der Waals surface area contributed by atoms with E-state index < -0.39 is 6.04 Å². The summed E-state index contributed by atoms with van der Waals surface area (Å²) >= 11 is 0. The molecule has 204 valence electrons. The van der Waals surface area contributed by atoms with Crippen LogP contribution in [0.4, 0.5) is 5.69 Å². The molecule has 5 rings (SSSR count). The minimum absolute atomic E-state index is 0.0513. The lowest BCUT2D eigenvalue weighted by Crippen LogP contribution is -2.55. The third-order valence-corrected chi connectivity index (χ3v) is 7.85. The van der Waals surface area contributed by atoms with Gasteiger partial charge in [0, 0.05) is 56.7 Å². The van der Waals surface area contributed by atoms with Crippen molar-refractivity contribution >= 4 is 34.2 Å². The van der Waals surface area contributed by atoms with Crippen LogP contribution in [0.3, 0.4) is 0 Å². The van der Waals surface area contributed by atoms with Gasteiger partial charge >= 0.3 is 0 Å². The van der Waals surface area contributed by atoms with Gasteiger partial charge in [0.25, 0.3) is 0 Å². The van der Waals surface area contributed by atoms with Gasteiger partial charge in [-0.05, 0) is 60.6 Å². The number of rotatable bonds is 8. The highest BCUT2D eigenvalue weighted by Gasteiger charge is 2.30. The first-order chi connectivity index (χ1) is 19.1. The number of piperidine rings is 2. The van der Waals surface area contributed by atoms with Gasteiger partial charge < -0.3 is 20.4 Å². The SMILES string of the molecule is O=C(Cc1ccc2ccccc2c1)NC(CNC(=O)C1CCN(c2ccncc2)CC1)C(=O)N1CCCCC1. The Morgan fingerprint density at radius 1 is 0.872 bits per heavy atom. The number of carbonyl (C=O) groups excluding carboxylic acids is 3. The summed E-state index contributed by atoms with van der Waals surface area (Å²) in [5, 5.41) is 8.12. The number of hydrogen-bond donors (Lipinski definition) is 2. The summed E-state index contributed by atoms with van der Waals surface area (Å²) in [6, 6.07) is 17.2. The van der Waals surface area contributed by atoms with E-state index in [0.717, 1.165) is 67.2 Å². The van der Waals surface area contributed by atoms with Crippen LogP contribution in [0, 0.1) is 5.92 Å². The molecule has 1 atom stereocenters. The van der Waals surface area contributed by atoms with Gasteiger partial charge in [0.05, 0.1) is 6.42 Å². The fraction of sp³-hybridized carbons (Fsp3) is 0.419. The number of nitrogens with zero attached hydrogens (tertiary/aromatic N) is 3. The molecule has 39 heavy (non-hydrogen) atoms. The highest BCUT2D eigenvalue weighted by molar-refractivity contribution is 5.90. The largest absolute Gasteiger partial charge is 0.371 e. The maximum atomic E-state index is 13.4. The first-order valence-electron chi connectivity index (χ1n) is 14.1. The van der Waals surface area contributed by atoms with Crippen LogP contribution in [-0.2, 0) is 20.8 Å². The highest BCUT2D eigenvalue weighted by atomic mass is 16.2. The predicted octanol–water partition coefficient (Wildman–Crippen LogP) is 3.31. The number of hydrogen-bond acceptors (Lipinski definition) is 5. The molecule has 3 aromatic rings. The Labute approximate surface area is 229 Å². The van der Waals surface area contributed by atoms with Gasteiger partial charge in [0.2, 0.25) is 17.7 Å². The van der Waals surface area contributed by atoms with E-state index in [1.54, 1.807) is 12.4 Å². The maximum absolute atomic E-state index is 13.4. The number of fused-ring (bicyclic) bond motifs is 1. The molecule has 8 nitrogen and oxygen atoms in total. The summed E-state index contributed by atoms with van der Waals surface area (Å²) in [4.78, 5) is 47.7. The minimum Gasteiger partial charge on any atom is -0.371 e. The van der Waals surface area contributed by atoms with Crippen LogP contribution in [-0.4, -0.2) is 66.4 Å². The second kappa shape index (κ2) is 12.7. The Morgan fingerprint density at radius 2 is 1.59 bits per heavy atom. The molecular formula is C31H37N5O3. The Balaban J connectivity index is 1.19. The lowest BCUT2D eigenvalue weighted by Gasteiger charge is -2.33. The minimum atomic E-state index is -0.781. The summed E-state index contributed by atoms with van der Waals surface area (Å²) in [6.45, 7) is 3.07. The summed E-state index contributed by atoms with van der Waals surface area (Å²) in [6.07, 6.45) is 8.26. The van der Waals surface area contributed by atoms with Crippen molar-refractivity contribution in [2.24, 2.45) is 5.92 Å². The van der Waals surface area contributed by atoms with Crippen LogP contribution in [0.5, 0.6) is 0 Å². The van der Waals surface area contributed by atoms with Gasteiger partial charge in [-0.25, -0.2) is 0 Å². The quantitative estimate of drug-likeness (QED) is 0.469. The second-order valence-electron chi connectivity index (χ2n) is 10.6. The normalized spacial score (nSPS) is 17.0. The lowest BCUT2D eigenvalue weighted by atomic mass is 9.95. The van der Waals surface area contributed by atoms with E-state index in [2.05, 4.69) is 20.5 Å². The number of amides is 3. The van der Waals surface area contributed by atoms with E-state index in [1.165, 1.54) is 0 Å². The first-order valence-corrected chi connectivity index (χ1v) is 14.1. The van der Waals surface area contributed by atoms with Crippen molar-refractivity contribution in [1.82, 2.24) is 20.5 Å². The topological polar surface area (TPSA) is 94.6 Å². The van der Waals surface area contributed by atoms with E-state index in [-0.39, 0.29) is 36.6 Å². The zero-order valence-corrected chi connectivity index (χ0v) is 22.4. The van der Waals surface area contributed by atoms with E-state index in [4.69, 9.17) is 0 Å². The number of benzene rings is 2. The van der Waals surface area contributed by atoms with Crippen LogP contribution < -0.4 is 15.5 Å². The molecule has 0 aliphatic carbocycles. The lowest BCUT2D eigenvalue weighted by molar-refractivity contribution is -0.137. The second-order valence-corrected chi connectivity index (χ2v) is 10.6. The van der Waals surface area contributed by atoms with Gasteiger partial charge in [-0.3, -0.25) is 19.4 Å². The zero-order chi connectivity index (χ0) is 27.0. The maximum Gasteiger partial charge on any atom is 0.246 e. The van der Waals surface area contributed by atoms with Gasteiger partial charge in [-0.2, -0.15) is 0 Å². The molecule has 2 saturated heterocycles. The van der Waals surface area contributed by atoms with Gasteiger partial charge in [-0.1, -0.05) is 42.5 Å². The van der Waals surface area contributed by atoms with E-state index in [1.807, 2.05) is 59.5 Å². The molecule has 0 radical (unpaired) electrons. The molecule has 2 aromatic carbocycles. The number of anilines is 1. The molecule has 0 bridgehead atoms. The van der Waals surface area contributed by atoms with Crippen LogP contribution in [0.25, 0.3) is 10.8 Å². The molecule has 3 amide bonds. The first kappa shape index (κ1) is 26.7. The Morgan fingerprint density at radius 3 is 2.33 bits per heavy atom. The van der Waals surface area contributed by atoms with Gasteiger partial charge in [-0.15, -0.1) is 0 Å². The average Bonchev–Trinajstić information content (AvgIpc) is 2.99. The molecule has 1 unspecified atom stereocenters. The Bertz CT molecular complexity index is 1280. The van der Waals surface area contributed by atoms with Crippen molar-refractivity contribution in [2.45, 2.75) is 44.6 Å². The Hall–Kier alpha value is -3.94. The average molecular weight is 528 g/mol. The van der Waals surface area contributed by atoms with Crippen LogP contribution in [0.1, 0.15) is 37.7 Å². The van der Waals surface area contributed by atoms with Crippen LogP contribution in [0.2, 0.25) is 0 Å². The zero-order valence-electron chi connectivity index (χ0n) is 22.4. The number of aromatic nitrogens is 1. The van der Waals surface area contributed by atoms with Crippen molar-refractivity contribution in [3.8, 4) is 0 Å². The number of likely N-dealkylation sites (tertiary alicyclic amines) is 1. The van der Waals surface area contributed by atoms with Crippen molar-refractivity contribution in [3.05, 3.63) is 72.6 Å². The molecule has 8 heteroatoms. The highest BCUT2D eigenvalue weighted by Crippen LogP contribution is 2.23. The molecule has 2 aliphatic heterocycles. The molecule has 3 heterocycles. The van der Waals surface area contributed by atoms with Crippen molar-refractivity contribution in [3.63, 3.8) is 0 Å². The molecule has 2 aliphatic rings. The third-order valence-electron chi connectivity index (χ3n) is 7.85. The predicted molar refractivity (Wildman–Crippen MR) is 152 cm³/mol. The number of carbonyl (C=O) groups is 3. The fourth-order valence-corrected chi connectivity index (χ4v) is 5.62. The van der Waals surface area contributed by atoms with Crippen LogP contribution in [0.15, 0.2) is 67.0 Å². The molecular weight excluding hydrogens is 490 g/mol. The number of pyridine rings is 1. The van der Waals surface area contributed by atoms with E-state index in [9.17, 15) is 14.4 Å². The molecule has 0 saturated carbocycles. The third kappa shape index (κ3) is 6.93. The van der Waals surface area contributed by atoms with Crippen LogP contribution >= 0.6 is 0 Å². The standard InChI is InChI=1S/C31H37N5O3/c37-29(21-23-8-9-24-6-2-3-7-26(24)20-23)34-28(31(39)36-16-4-1-5-17-36)22-33-30(38)25-12-18-35(19-13-25)27-10-14-32-15-11-27/h2-3,6-11,14-15,20,25,28H,1,4-5,12-13,16-19,21-22H2,(H,33,38)(H,34,37). The fourth-order valence-electron chi connectivity index (χ4n) is 5.62. The van der Waals surface area contributed by atoms with Gasteiger partial charge in [0.15, 0.2) is 0 Å². The molecule has 2 N–H and O–H groups in total. The molecule has 1 aromatic heterocycles. The van der Waals surface area contributed by atoms with Crippen molar-refractivity contribution in [1.29, 1.82) is 0 Å². The van der Waals surface area contributed by atoms with E-state index >= 15 is 0 Å². The molecule has 2 fully saturated rings. The summed E-state index contributed by atoms with van der Waals surface area (Å²) in [5.74, 6) is -0.498. The van der Waals surface area contributed by atoms with E-state index in [0.29, 0.717) is 13.1 Å². The monoisotopic (exact) mass is 527 g/mol. The summed E-state index contributed by atoms with van der Waals surface area (Å²) < 4.78 is 0.